The van der Waals surface area contributed by atoms with Crippen LogP contribution in [0.2, 0.25) is 0 Å². The van der Waals surface area contributed by atoms with Crippen LogP contribution in [0.4, 0.5) is 0 Å². The number of hydrogen-bond acceptors (Lipinski definition) is 4. The van der Waals surface area contributed by atoms with Crippen molar-refractivity contribution < 1.29 is 4.79 Å². The van der Waals surface area contributed by atoms with Crippen LogP contribution in [0.5, 0.6) is 0 Å². The highest BCUT2D eigenvalue weighted by Gasteiger charge is 2.41. The van der Waals surface area contributed by atoms with Crippen LogP contribution in [0.3, 0.4) is 0 Å². The Bertz CT molecular complexity index is 640. The normalized spacial score (nSPS) is 25.6. The quantitative estimate of drug-likeness (QED) is 0.790. The minimum Gasteiger partial charge on any atom is -0.336 e. The highest BCUT2D eigenvalue weighted by molar-refractivity contribution is 5.77. The van der Waals surface area contributed by atoms with Crippen LogP contribution >= 0.6 is 0 Å². The molecule has 5 nitrogen and oxygen atoms in total. The number of carbonyl (C=O) groups excluding carboxylic acids is 1. The maximum atomic E-state index is 12.5. The third-order valence-corrected chi connectivity index (χ3v) is 5.64. The van der Waals surface area contributed by atoms with Crippen molar-refractivity contribution >= 4 is 5.91 Å². The Hall–Kier alpha value is -1.75. The fourth-order valence-electron chi connectivity index (χ4n) is 4.17. The average molecular weight is 342 g/mol. The Morgan fingerprint density at radius 1 is 1.28 bits per heavy atom. The van der Waals surface area contributed by atoms with Gasteiger partial charge in [-0.25, -0.2) is 0 Å². The lowest BCUT2D eigenvalue weighted by Crippen LogP contribution is -2.54. The van der Waals surface area contributed by atoms with E-state index < -0.39 is 0 Å². The highest BCUT2D eigenvalue weighted by atomic mass is 16.2. The molecule has 1 aromatic rings. The highest BCUT2D eigenvalue weighted by Crippen LogP contribution is 2.39. The molecular formula is C20H30N4O. The number of amides is 1. The number of aromatic nitrogens is 2. The van der Waals surface area contributed by atoms with E-state index >= 15 is 0 Å². The number of likely N-dealkylation sites (tertiary alicyclic amines) is 2. The molecule has 25 heavy (non-hydrogen) atoms. The fourth-order valence-corrected chi connectivity index (χ4v) is 4.17. The Morgan fingerprint density at radius 3 is 2.84 bits per heavy atom. The third kappa shape index (κ3) is 4.46. The van der Waals surface area contributed by atoms with Crippen molar-refractivity contribution in [3.63, 3.8) is 0 Å². The van der Waals surface area contributed by atoms with Gasteiger partial charge in [0.2, 0.25) is 5.91 Å². The predicted octanol–water partition coefficient (Wildman–Crippen LogP) is 2.96. The summed E-state index contributed by atoms with van der Waals surface area (Å²) in [6.07, 6.45) is 9.91. The second-order valence-corrected chi connectivity index (χ2v) is 7.85. The maximum absolute atomic E-state index is 12.5. The molecule has 3 heterocycles. The fraction of sp³-hybridized carbons (Fsp3) is 0.650. The van der Waals surface area contributed by atoms with Crippen LogP contribution in [0.15, 0.2) is 24.0 Å². The van der Waals surface area contributed by atoms with Crippen molar-refractivity contribution in [2.24, 2.45) is 5.41 Å². The molecule has 3 rings (SSSR count). The molecule has 0 radical (unpaired) electrons. The monoisotopic (exact) mass is 342 g/mol. The van der Waals surface area contributed by atoms with Crippen LogP contribution in [0, 0.1) is 12.3 Å². The molecule has 1 spiro atoms. The van der Waals surface area contributed by atoms with Crippen molar-refractivity contribution in [2.45, 2.75) is 53.0 Å². The van der Waals surface area contributed by atoms with Crippen molar-refractivity contribution in [1.29, 1.82) is 0 Å². The van der Waals surface area contributed by atoms with E-state index in [0.29, 0.717) is 13.0 Å². The number of hydrogen-bond donors (Lipinski definition) is 0. The van der Waals surface area contributed by atoms with Gasteiger partial charge in [0.1, 0.15) is 0 Å². The second-order valence-electron chi connectivity index (χ2n) is 7.85. The smallest absolute Gasteiger partial charge is 0.222 e. The molecule has 136 valence electrons. The Kier molecular flexibility index (Phi) is 5.52. The van der Waals surface area contributed by atoms with Gasteiger partial charge in [-0.1, -0.05) is 11.6 Å². The number of piperidine rings is 2. The summed E-state index contributed by atoms with van der Waals surface area (Å²) in [7, 11) is 0. The van der Waals surface area contributed by atoms with E-state index in [9.17, 15) is 4.79 Å². The van der Waals surface area contributed by atoms with Crippen molar-refractivity contribution in [1.82, 2.24) is 19.8 Å². The third-order valence-electron chi connectivity index (χ3n) is 5.64. The van der Waals surface area contributed by atoms with Gasteiger partial charge in [0.25, 0.3) is 0 Å². The van der Waals surface area contributed by atoms with Gasteiger partial charge in [-0.2, -0.15) is 0 Å². The predicted molar refractivity (Wildman–Crippen MR) is 99.0 cm³/mol. The lowest BCUT2D eigenvalue weighted by atomic mass is 9.73. The SMILES string of the molecule is C/C=C(\C)CN1CCC[C@]2(CCC(=O)N(Cc3cnc(C)cn3)C2)C1. The van der Waals surface area contributed by atoms with Crippen LogP contribution in [-0.2, 0) is 11.3 Å². The molecule has 5 heteroatoms. The van der Waals surface area contributed by atoms with E-state index in [-0.39, 0.29) is 11.3 Å². The molecule has 2 aliphatic heterocycles. The van der Waals surface area contributed by atoms with E-state index in [0.717, 1.165) is 37.4 Å². The van der Waals surface area contributed by atoms with Gasteiger partial charge in [-0.05, 0) is 46.6 Å². The van der Waals surface area contributed by atoms with Gasteiger partial charge in [0.05, 0.1) is 24.1 Å². The van der Waals surface area contributed by atoms with Crippen molar-refractivity contribution in [2.75, 3.05) is 26.2 Å². The molecule has 2 aliphatic rings. The Morgan fingerprint density at radius 2 is 2.12 bits per heavy atom. The van der Waals surface area contributed by atoms with Crippen molar-refractivity contribution in [3.8, 4) is 0 Å². The number of allylic oxidation sites excluding steroid dienone is 1. The summed E-state index contributed by atoms with van der Waals surface area (Å²) in [6, 6.07) is 0. The minimum atomic E-state index is 0.248. The largest absolute Gasteiger partial charge is 0.336 e. The van der Waals surface area contributed by atoms with Gasteiger partial charge in [-0.3, -0.25) is 19.7 Å². The van der Waals surface area contributed by atoms with Gasteiger partial charge in [0, 0.05) is 37.7 Å². The number of nitrogens with zero attached hydrogens (tertiary/aromatic N) is 4. The summed E-state index contributed by atoms with van der Waals surface area (Å²) >= 11 is 0. The van der Waals surface area contributed by atoms with Gasteiger partial charge in [-0.15, -0.1) is 0 Å². The molecule has 0 saturated carbocycles. The molecule has 2 fully saturated rings. The van der Waals surface area contributed by atoms with Crippen molar-refractivity contribution in [3.05, 3.63) is 35.4 Å². The van der Waals surface area contributed by atoms with Crippen LogP contribution in [-0.4, -0.2) is 51.9 Å². The number of rotatable bonds is 4. The standard InChI is InChI=1S/C20H30N4O/c1-4-16(2)12-23-9-5-7-20(14-23)8-6-19(25)24(15-20)13-18-11-21-17(3)10-22-18/h4,10-11H,5-9,12-15H2,1-3H3/b16-4+/t20-/m0/s1. The molecule has 1 aromatic heterocycles. The summed E-state index contributed by atoms with van der Waals surface area (Å²) in [5.41, 5.74) is 3.47. The molecule has 0 bridgehead atoms. The van der Waals surface area contributed by atoms with E-state index in [1.807, 2.05) is 11.8 Å². The van der Waals surface area contributed by atoms with Gasteiger partial charge in [0.15, 0.2) is 0 Å². The first-order chi connectivity index (χ1) is 12.0. The van der Waals surface area contributed by atoms with Gasteiger partial charge >= 0.3 is 0 Å². The summed E-state index contributed by atoms with van der Waals surface area (Å²) in [5, 5.41) is 0. The first kappa shape index (κ1) is 18.1. The van der Waals surface area contributed by atoms with E-state index in [2.05, 4.69) is 34.8 Å². The lowest BCUT2D eigenvalue weighted by molar-refractivity contribution is -0.140. The zero-order chi connectivity index (χ0) is 17.9. The first-order valence-corrected chi connectivity index (χ1v) is 9.39. The van der Waals surface area contributed by atoms with Crippen LogP contribution in [0.25, 0.3) is 0 Å². The number of aryl methyl sites for hydroxylation is 1. The molecule has 1 amide bonds. The molecule has 0 N–H and O–H groups in total. The van der Waals surface area contributed by atoms with E-state index in [4.69, 9.17) is 0 Å². The molecule has 0 aliphatic carbocycles. The zero-order valence-electron chi connectivity index (χ0n) is 15.8. The molecule has 1 atom stereocenters. The number of carbonyl (C=O) groups is 1. The topological polar surface area (TPSA) is 49.3 Å². The zero-order valence-corrected chi connectivity index (χ0v) is 15.8. The molecule has 2 saturated heterocycles. The summed E-state index contributed by atoms with van der Waals surface area (Å²) in [4.78, 5) is 25.8. The summed E-state index contributed by atoms with van der Waals surface area (Å²) < 4.78 is 0. The summed E-state index contributed by atoms with van der Waals surface area (Å²) in [6.45, 7) is 11.0. The van der Waals surface area contributed by atoms with Crippen LogP contribution < -0.4 is 0 Å². The minimum absolute atomic E-state index is 0.248. The van der Waals surface area contributed by atoms with Gasteiger partial charge < -0.3 is 4.90 Å². The maximum Gasteiger partial charge on any atom is 0.222 e. The lowest BCUT2D eigenvalue weighted by Gasteiger charge is -2.48. The Balaban J connectivity index is 1.68. The van der Waals surface area contributed by atoms with Crippen LogP contribution in [0.1, 0.15) is 50.9 Å². The molecular weight excluding hydrogens is 312 g/mol. The molecule has 0 aromatic carbocycles. The molecule has 0 unspecified atom stereocenters. The summed E-state index contributed by atoms with van der Waals surface area (Å²) in [5.74, 6) is 0.259. The van der Waals surface area contributed by atoms with E-state index in [1.165, 1.54) is 25.0 Å². The average Bonchev–Trinajstić information content (AvgIpc) is 2.60. The Labute approximate surface area is 151 Å². The van der Waals surface area contributed by atoms with E-state index in [1.54, 1.807) is 12.4 Å². The first-order valence-electron chi connectivity index (χ1n) is 9.39. The second kappa shape index (κ2) is 7.65.